The van der Waals surface area contributed by atoms with Gasteiger partial charge in [-0.2, -0.15) is 0 Å². The molecule has 0 spiro atoms. The molecule has 2 aromatic rings. The summed E-state index contributed by atoms with van der Waals surface area (Å²) in [5.74, 6) is -0.121. The Kier molecular flexibility index (Phi) is 4.44. The van der Waals surface area contributed by atoms with Crippen molar-refractivity contribution in [1.82, 2.24) is 0 Å². The van der Waals surface area contributed by atoms with E-state index in [1.165, 1.54) is 0 Å². The molecule has 0 aliphatic carbocycles. The number of aryl methyl sites for hydroxylation is 2. The number of esters is 1. The van der Waals surface area contributed by atoms with Crippen molar-refractivity contribution in [3.8, 4) is 5.75 Å². The molecule has 0 radical (unpaired) electrons. The molecule has 0 aromatic heterocycles. The first-order valence-electron chi connectivity index (χ1n) is 7.54. The van der Waals surface area contributed by atoms with E-state index in [2.05, 4.69) is 5.32 Å². The van der Waals surface area contributed by atoms with Crippen LogP contribution in [0.25, 0.3) is 0 Å². The molecule has 0 bridgehead atoms. The molecule has 2 aromatic carbocycles. The second-order valence-electron chi connectivity index (χ2n) is 5.81. The summed E-state index contributed by atoms with van der Waals surface area (Å²) in [6.45, 7) is 3.93. The predicted octanol–water partition coefficient (Wildman–Crippen LogP) is 3.32. The van der Waals surface area contributed by atoms with E-state index in [0.717, 1.165) is 16.8 Å². The van der Waals surface area contributed by atoms with Crippen LogP contribution in [0.15, 0.2) is 36.4 Å². The van der Waals surface area contributed by atoms with Crippen molar-refractivity contribution in [1.29, 1.82) is 0 Å². The Morgan fingerprint density at radius 1 is 1.25 bits per heavy atom. The molecule has 0 saturated carbocycles. The van der Waals surface area contributed by atoms with E-state index in [4.69, 9.17) is 16.3 Å². The second-order valence-corrected chi connectivity index (χ2v) is 6.25. The Balaban J connectivity index is 1.78. The van der Waals surface area contributed by atoms with E-state index < -0.39 is 0 Å². The summed E-state index contributed by atoms with van der Waals surface area (Å²) in [6, 6.07) is 10.8. The molecule has 6 heteroatoms. The molecule has 0 fully saturated rings. The first kappa shape index (κ1) is 16.3. The largest absolute Gasteiger partial charge is 0.423 e. The number of rotatable bonds is 3. The summed E-state index contributed by atoms with van der Waals surface area (Å²) in [5, 5.41) is 3.40. The van der Waals surface area contributed by atoms with Crippen LogP contribution in [-0.4, -0.2) is 25.0 Å². The zero-order valence-corrected chi connectivity index (χ0v) is 14.2. The third-order valence-corrected chi connectivity index (χ3v) is 4.04. The smallest absolute Gasteiger partial charge is 0.331 e. The first-order chi connectivity index (χ1) is 11.4. The van der Waals surface area contributed by atoms with Crippen LogP contribution in [-0.2, 0) is 9.59 Å². The minimum atomic E-state index is -0.377. The normalized spacial score (nSPS) is 13.3. The van der Waals surface area contributed by atoms with Crippen molar-refractivity contribution >= 4 is 34.9 Å². The number of carbonyl (C=O) groups excluding carboxylic acids is 2. The first-order valence-corrected chi connectivity index (χ1v) is 7.92. The van der Waals surface area contributed by atoms with E-state index in [1.54, 1.807) is 23.1 Å². The Morgan fingerprint density at radius 3 is 2.83 bits per heavy atom. The highest BCUT2D eigenvalue weighted by Gasteiger charge is 2.25. The maximum atomic E-state index is 12.4. The topological polar surface area (TPSA) is 58.6 Å². The van der Waals surface area contributed by atoms with E-state index in [9.17, 15) is 9.59 Å². The van der Waals surface area contributed by atoms with Crippen LogP contribution in [0, 0.1) is 13.8 Å². The molecule has 3 rings (SSSR count). The molecule has 0 atom stereocenters. The molecular formula is C18H17ClN2O3. The third kappa shape index (κ3) is 3.51. The van der Waals surface area contributed by atoms with E-state index in [1.807, 2.05) is 32.0 Å². The number of anilines is 2. The van der Waals surface area contributed by atoms with Gasteiger partial charge in [0, 0.05) is 10.7 Å². The van der Waals surface area contributed by atoms with Gasteiger partial charge in [0.1, 0.15) is 6.54 Å². The van der Waals surface area contributed by atoms with Crippen LogP contribution in [0.3, 0.4) is 0 Å². The zero-order valence-electron chi connectivity index (χ0n) is 13.4. The van der Waals surface area contributed by atoms with Gasteiger partial charge in [0.25, 0.3) is 0 Å². The molecule has 1 amide bonds. The Labute approximate surface area is 145 Å². The minimum Gasteiger partial charge on any atom is -0.423 e. The summed E-state index contributed by atoms with van der Waals surface area (Å²) >= 11 is 5.97. The molecule has 1 aliphatic heterocycles. The Hall–Kier alpha value is -2.53. The molecule has 1 N–H and O–H groups in total. The van der Waals surface area contributed by atoms with Gasteiger partial charge in [0.15, 0.2) is 5.75 Å². The van der Waals surface area contributed by atoms with Gasteiger partial charge in [0.05, 0.1) is 12.2 Å². The van der Waals surface area contributed by atoms with Gasteiger partial charge in [-0.05, 0) is 49.2 Å². The summed E-state index contributed by atoms with van der Waals surface area (Å²) in [7, 11) is 0. The standard InChI is InChI=1S/C18H17ClN2O3/c1-11-3-6-16-15(7-11)21(10-18(23)24-16)9-17(22)20-14-8-13(19)5-4-12(14)2/h3-8H,9-10H2,1-2H3,(H,20,22). The van der Waals surface area contributed by atoms with Gasteiger partial charge >= 0.3 is 5.97 Å². The lowest BCUT2D eigenvalue weighted by molar-refractivity contribution is -0.133. The fourth-order valence-corrected chi connectivity index (χ4v) is 2.76. The van der Waals surface area contributed by atoms with Gasteiger partial charge in [-0.3, -0.25) is 4.79 Å². The lowest BCUT2D eigenvalue weighted by atomic mass is 10.1. The SMILES string of the molecule is Cc1ccc2c(c1)N(CC(=O)Nc1cc(Cl)ccc1C)CC(=O)O2. The molecule has 0 saturated heterocycles. The van der Waals surface area contributed by atoms with Crippen molar-refractivity contribution in [3.63, 3.8) is 0 Å². The van der Waals surface area contributed by atoms with Crippen molar-refractivity contribution in [2.24, 2.45) is 0 Å². The van der Waals surface area contributed by atoms with Gasteiger partial charge in [0.2, 0.25) is 5.91 Å². The molecule has 24 heavy (non-hydrogen) atoms. The summed E-state index contributed by atoms with van der Waals surface area (Å²) in [5.41, 5.74) is 3.36. The number of fused-ring (bicyclic) bond motifs is 1. The van der Waals surface area contributed by atoms with Crippen LogP contribution in [0.5, 0.6) is 5.75 Å². The quantitative estimate of drug-likeness (QED) is 0.685. The zero-order chi connectivity index (χ0) is 17.3. The monoisotopic (exact) mass is 344 g/mol. The maximum absolute atomic E-state index is 12.4. The molecule has 124 valence electrons. The van der Waals surface area contributed by atoms with Crippen LogP contribution >= 0.6 is 11.6 Å². The van der Waals surface area contributed by atoms with Gasteiger partial charge in [-0.25, -0.2) is 4.79 Å². The summed E-state index contributed by atoms with van der Waals surface area (Å²) in [6.07, 6.45) is 0. The molecule has 1 aliphatic rings. The third-order valence-electron chi connectivity index (χ3n) is 3.81. The number of nitrogens with one attached hydrogen (secondary N) is 1. The Bertz CT molecular complexity index is 820. The van der Waals surface area contributed by atoms with Crippen molar-refractivity contribution < 1.29 is 14.3 Å². The maximum Gasteiger partial charge on any atom is 0.331 e. The molecule has 0 unspecified atom stereocenters. The van der Waals surface area contributed by atoms with Crippen molar-refractivity contribution in [3.05, 3.63) is 52.5 Å². The summed E-state index contributed by atoms with van der Waals surface area (Å²) < 4.78 is 5.22. The number of ether oxygens (including phenoxy) is 1. The van der Waals surface area contributed by atoms with Crippen LogP contribution in [0.4, 0.5) is 11.4 Å². The number of carbonyl (C=O) groups is 2. The van der Waals surface area contributed by atoms with E-state index in [-0.39, 0.29) is 25.0 Å². The number of nitrogens with zero attached hydrogens (tertiary/aromatic N) is 1. The molecule has 1 heterocycles. The lowest BCUT2D eigenvalue weighted by Crippen LogP contribution is -2.41. The number of hydrogen-bond acceptors (Lipinski definition) is 4. The number of hydrogen-bond donors (Lipinski definition) is 1. The van der Waals surface area contributed by atoms with E-state index in [0.29, 0.717) is 16.5 Å². The van der Waals surface area contributed by atoms with Crippen LogP contribution < -0.4 is 15.0 Å². The van der Waals surface area contributed by atoms with E-state index >= 15 is 0 Å². The fraction of sp³-hybridized carbons (Fsp3) is 0.222. The molecular weight excluding hydrogens is 328 g/mol. The second kappa shape index (κ2) is 6.53. The molecule has 5 nitrogen and oxygen atoms in total. The number of amides is 1. The predicted molar refractivity (Wildman–Crippen MR) is 93.8 cm³/mol. The lowest BCUT2D eigenvalue weighted by Gasteiger charge is -2.29. The van der Waals surface area contributed by atoms with Crippen LogP contribution in [0.1, 0.15) is 11.1 Å². The van der Waals surface area contributed by atoms with Crippen molar-refractivity contribution in [2.45, 2.75) is 13.8 Å². The number of benzene rings is 2. The van der Waals surface area contributed by atoms with Gasteiger partial charge < -0.3 is 15.0 Å². The summed E-state index contributed by atoms with van der Waals surface area (Å²) in [4.78, 5) is 25.9. The highest BCUT2D eigenvalue weighted by molar-refractivity contribution is 6.31. The van der Waals surface area contributed by atoms with Gasteiger partial charge in [-0.15, -0.1) is 0 Å². The average Bonchev–Trinajstić information content (AvgIpc) is 2.51. The highest BCUT2D eigenvalue weighted by atomic mass is 35.5. The fourth-order valence-electron chi connectivity index (χ4n) is 2.59. The highest BCUT2D eigenvalue weighted by Crippen LogP contribution is 2.32. The van der Waals surface area contributed by atoms with Crippen molar-refractivity contribution in [2.75, 3.05) is 23.3 Å². The van der Waals surface area contributed by atoms with Gasteiger partial charge in [-0.1, -0.05) is 23.7 Å². The number of halogens is 1. The van der Waals surface area contributed by atoms with Crippen LogP contribution in [0.2, 0.25) is 5.02 Å². The Morgan fingerprint density at radius 2 is 2.04 bits per heavy atom. The average molecular weight is 345 g/mol. The minimum absolute atomic E-state index is 0.0401.